The Kier molecular flexibility index (Phi) is 2.47. The van der Waals surface area contributed by atoms with E-state index in [4.69, 9.17) is 11.5 Å². The minimum Gasteiger partial charge on any atom is -0.365 e. The molecule has 88 valence electrons. The second-order valence-electron chi connectivity index (χ2n) is 3.78. The van der Waals surface area contributed by atoms with Gasteiger partial charge in [0.2, 0.25) is 0 Å². The molecular weight excluding hydrogens is 220 g/mol. The molecule has 1 aromatic carbocycles. The number of carbonyl (C=O) groups excluding carboxylic acids is 2. The number of aromatic nitrogens is 1. The summed E-state index contributed by atoms with van der Waals surface area (Å²) in [6, 6.07) is 4.73. The van der Waals surface area contributed by atoms with Gasteiger partial charge in [-0.05, 0) is 18.6 Å². The number of hydrogen-bond donors (Lipinski definition) is 4. The number of carbonyl (C=O) groups is 2. The topological polar surface area (TPSA) is 114 Å². The normalized spacial score (nSPS) is 10.4. The molecule has 0 fully saturated rings. The van der Waals surface area contributed by atoms with E-state index in [0.29, 0.717) is 5.39 Å². The second kappa shape index (κ2) is 3.82. The van der Waals surface area contributed by atoms with Crippen molar-refractivity contribution in [3.63, 3.8) is 0 Å². The zero-order valence-electron chi connectivity index (χ0n) is 9.20. The van der Waals surface area contributed by atoms with E-state index < -0.39 is 11.9 Å². The highest BCUT2D eigenvalue weighted by atomic mass is 16.2. The Morgan fingerprint density at radius 1 is 1.29 bits per heavy atom. The number of urea groups is 1. The van der Waals surface area contributed by atoms with Crippen LogP contribution in [-0.4, -0.2) is 16.9 Å². The first-order valence-electron chi connectivity index (χ1n) is 4.97. The Balaban J connectivity index is 2.70. The summed E-state index contributed by atoms with van der Waals surface area (Å²) in [5.41, 5.74) is 12.3. The Hall–Kier alpha value is -2.50. The molecule has 6 heteroatoms. The molecule has 6 nitrogen and oxygen atoms in total. The third-order valence-corrected chi connectivity index (χ3v) is 2.45. The molecule has 2 rings (SSSR count). The number of primary amides is 2. The molecule has 0 aliphatic heterocycles. The first-order valence-corrected chi connectivity index (χ1v) is 4.97. The largest absolute Gasteiger partial charge is 0.365 e. The van der Waals surface area contributed by atoms with E-state index >= 15 is 0 Å². The lowest BCUT2D eigenvalue weighted by atomic mass is 10.1. The molecule has 2 aromatic rings. The van der Waals surface area contributed by atoms with Crippen LogP contribution in [0.4, 0.5) is 10.6 Å². The standard InChI is InChI=1S/C11H12N4O2/c1-5-2-3-6-7(4-5)14-10(15-11(13)17)8(6)9(12)16/h2-4,14H,1H3,(H2,12,16)(H3,13,15,17). The van der Waals surface area contributed by atoms with Gasteiger partial charge in [-0.15, -0.1) is 0 Å². The minimum absolute atomic E-state index is 0.227. The van der Waals surface area contributed by atoms with Crippen molar-refractivity contribution >= 4 is 28.7 Å². The third-order valence-electron chi connectivity index (χ3n) is 2.45. The third kappa shape index (κ3) is 1.92. The van der Waals surface area contributed by atoms with Crippen LogP contribution in [0.25, 0.3) is 10.9 Å². The van der Waals surface area contributed by atoms with Gasteiger partial charge in [0.1, 0.15) is 5.82 Å². The van der Waals surface area contributed by atoms with Crippen molar-refractivity contribution in [2.75, 3.05) is 5.32 Å². The number of rotatable bonds is 2. The minimum atomic E-state index is -0.754. The van der Waals surface area contributed by atoms with Crippen molar-refractivity contribution in [2.24, 2.45) is 11.5 Å². The smallest absolute Gasteiger partial charge is 0.317 e. The first-order chi connectivity index (χ1) is 7.99. The molecule has 0 aliphatic rings. The average Bonchev–Trinajstić information content (AvgIpc) is 2.53. The molecule has 0 bridgehead atoms. The van der Waals surface area contributed by atoms with E-state index in [1.165, 1.54) is 0 Å². The fourth-order valence-corrected chi connectivity index (χ4v) is 1.78. The molecule has 0 radical (unpaired) electrons. The zero-order valence-corrected chi connectivity index (χ0v) is 9.20. The second-order valence-corrected chi connectivity index (χ2v) is 3.78. The predicted octanol–water partition coefficient (Wildman–Crippen LogP) is 1.07. The number of nitrogens with one attached hydrogen (secondary N) is 2. The van der Waals surface area contributed by atoms with Crippen LogP contribution in [0, 0.1) is 6.92 Å². The number of H-pyrrole nitrogens is 1. The molecular formula is C11H12N4O2. The van der Waals surface area contributed by atoms with Crippen LogP contribution < -0.4 is 16.8 Å². The van der Waals surface area contributed by atoms with E-state index in [0.717, 1.165) is 11.1 Å². The molecule has 0 saturated heterocycles. The molecule has 0 spiro atoms. The number of nitrogens with two attached hydrogens (primary N) is 2. The number of anilines is 1. The van der Waals surface area contributed by atoms with Crippen LogP contribution in [0.15, 0.2) is 18.2 Å². The van der Waals surface area contributed by atoms with Crippen LogP contribution in [0.5, 0.6) is 0 Å². The maximum absolute atomic E-state index is 11.4. The van der Waals surface area contributed by atoms with Crippen LogP contribution in [0.2, 0.25) is 0 Å². The average molecular weight is 232 g/mol. The number of amides is 3. The van der Waals surface area contributed by atoms with Crippen molar-refractivity contribution in [3.8, 4) is 0 Å². The van der Waals surface area contributed by atoms with Crippen molar-refractivity contribution in [2.45, 2.75) is 6.92 Å². The van der Waals surface area contributed by atoms with E-state index in [2.05, 4.69) is 10.3 Å². The first kappa shape index (κ1) is 11.0. The van der Waals surface area contributed by atoms with Gasteiger partial charge >= 0.3 is 6.03 Å². The van der Waals surface area contributed by atoms with Gasteiger partial charge in [-0.1, -0.05) is 12.1 Å². The molecule has 6 N–H and O–H groups in total. The Labute approximate surface area is 97.0 Å². The Morgan fingerprint density at radius 2 is 2.00 bits per heavy atom. The molecule has 0 saturated carbocycles. The highest BCUT2D eigenvalue weighted by Crippen LogP contribution is 2.26. The molecule has 1 heterocycles. The number of aromatic amines is 1. The van der Waals surface area contributed by atoms with Crippen molar-refractivity contribution in [1.82, 2.24) is 4.98 Å². The van der Waals surface area contributed by atoms with Gasteiger partial charge in [-0.25, -0.2) is 4.79 Å². The van der Waals surface area contributed by atoms with Gasteiger partial charge < -0.3 is 16.5 Å². The molecule has 0 unspecified atom stereocenters. The quantitative estimate of drug-likeness (QED) is 0.620. The lowest BCUT2D eigenvalue weighted by Gasteiger charge is -2.00. The van der Waals surface area contributed by atoms with E-state index in [1.54, 1.807) is 6.07 Å². The van der Waals surface area contributed by atoms with Gasteiger partial charge in [0, 0.05) is 10.9 Å². The highest BCUT2D eigenvalue weighted by Gasteiger charge is 2.16. The zero-order chi connectivity index (χ0) is 12.6. The summed E-state index contributed by atoms with van der Waals surface area (Å²) >= 11 is 0. The van der Waals surface area contributed by atoms with E-state index in [1.807, 2.05) is 19.1 Å². The maximum Gasteiger partial charge on any atom is 0.317 e. The van der Waals surface area contributed by atoms with Crippen molar-refractivity contribution < 1.29 is 9.59 Å². The van der Waals surface area contributed by atoms with Crippen LogP contribution >= 0.6 is 0 Å². The number of fused-ring (bicyclic) bond motifs is 1. The predicted molar refractivity (Wildman–Crippen MR) is 64.8 cm³/mol. The maximum atomic E-state index is 11.4. The fraction of sp³-hybridized carbons (Fsp3) is 0.0909. The number of aryl methyl sites for hydroxylation is 1. The highest BCUT2D eigenvalue weighted by molar-refractivity contribution is 6.12. The monoisotopic (exact) mass is 232 g/mol. The summed E-state index contributed by atoms with van der Waals surface area (Å²) in [4.78, 5) is 25.1. The summed E-state index contributed by atoms with van der Waals surface area (Å²) in [5, 5.41) is 3.01. The van der Waals surface area contributed by atoms with Crippen molar-refractivity contribution in [1.29, 1.82) is 0 Å². The van der Waals surface area contributed by atoms with Gasteiger partial charge in [0.05, 0.1) is 5.56 Å². The van der Waals surface area contributed by atoms with Gasteiger partial charge in [0.25, 0.3) is 5.91 Å². The SMILES string of the molecule is Cc1ccc2c(C(N)=O)c(NC(N)=O)[nH]c2c1. The van der Waals surface area contributed by atoms with Gasteiger partial charge in [-0.2, -0.15) is 0 Å². The molecule has 1 aromatic heterocycles. The molecule has 3 amide bonds. The van der Waals surface area contributed by atoms with E-state index in [9.17, 15) is 9.59 Å². The number of hydrogen-bond acceptors (Lipinski definition) is 2. The lowest BCUT2D eigenvalue weighted by Crippen LogP contribution is -2.22. The summed E-state index contributed by atoms with van der Waals surface area (Å²) < 4.78 is 0. The summed E-state index contributed by atoms with van der Waals surface area (Å²) in [5.74, 6) is -0.394. The molecule has 0 aliphatic carbocycles. The molecule has 17 heavy (non-hydrogen) atoms. The fourth-order valence-electron chi connectivity index (χ4n) is 1.78. The summed E-state index contributed by atoms with van der Waals surface area (Å²) in [7, 11) is 0. The Morgan fingerprint density at radius 3 is 2.59 bits per heavy atom. The van der Waals surface area contributed by atoms with Crippen LogP contribution in [-0.2, 0) is 0 Å². The van der Waals surface area contributed by atoms with Gasteiger partial charge in [-0.3, -0.25) is 10.1 Å². The Bertz CT molecular complexity index is 615. The van der Waals surface area contributed by atoms with E-state index in [-0.39, 0.29) is 11.4 Å². The number of benzene rings is 1. The van der Waals surface area contributed by atoms with Crippen LogP contribution in [0.1, 0.15) is 15.9 Å². The summed E-state index contributed by atoms with van der Waals surface area (Å²) in [6.07, 6.45) is 0. The lowest BCUT2D eigenvalue weighted by molar-refractivity contribution is 0.100. The van der Waals surface area contributed by atoms with Crippen molar-refractivity contribution in [3.05, 3.63) is 29.3 Å². The van der Waals surface area contributed by atoms with Crippen LogP contribution in [0.3, 0.4) is 0 Å². The van der Waals surface area contributed by atoms with Gasteiger partial charge in [0.15, 0.2) is 0 Å². The molecule has 0 atom stereocenters. The summed E-state index contributed by atoms with van der Waals surface area (Å²) in [6.45, 7) is 1.92.